The van der Waals surface area contributed by atoms with E-state index in [1.54, 1.807) is 12.1 Å². The molecule has 0 aliphatic carbocycles. The average Bonchev–Trinajstić information content (AvgIpc) is 2.39. The summed E-state index contributed by atoms with van der Waals surface area (Å²) < 4.78 is 12.9. The van der Waals surface area contributed by atoms with Gasteiger partial charge in [-0.2, -0.15) is 0 Å². The van der Waals surface area contributed by atoms with E-state index in [0.29, 0.717) is 5.56 Å². The molecule has 0 saturated heterocycles. The number of nitrogens with one attached hydrogen (secondary N) is 1. The van der Waals surface area contributed by atoms with Gasteiger partial charge in [-0.3, -0.25) is 4.79 Å². The van der Waals surface area contributed by atoms with E-state index < -0.39 is 11.7 Å². The molecule has 0 aromatic heterocycles. The maximum Gasteiger partial charge on any atom is 0.255 e. The minimum Gasteiger partial charge on any atom is -0.504 e. The number of amides is 1. The highest BCUT2D eigenvalue weighted by molar-refractivity contribution is 5.97. The third-order valence-corrected chi connectivity index (χ3v) is 2.60. The smallest absolute Gasteiger partial charge is 0.255 e. The third kappa shape index (κ3) is 3.01. The van der Waals surface area contributed by atoms with E-state index in [1.165, 1.54) is 30.3 Å². The highest BCUT2D eigenvalue weighted by Gasteiger charge is 2.13. The predicted molar refractivity (Wildman–Crippen MR) is 67.3 cm³/mol. The molecule has 0 atom stereocenters. The standard InChI is InChI=1S/C14H12FNO3/c15-10-4-1-3-9(7-10)8-16-14(19)11-5-2-6-12(17)13(11)18/h1-7,17-18H,8H2,(H,16,19). The van der Waals surface area contributed by atoms with E-state index in [2.05, 4.69) is 5.32 Å². The van der Waals surface area contributed by atoms with Crippen molar-refractivity contribution in [2.45, 2.75) is 6.54 Å². The lowest BCUT2D eigenvalue weighted by molar-refractivity contribution is 0.0947. The first kappa shape index (κ1) is 12.9. The Labute approximate surface area is 109 Å². The molecule has 19 heavy (non-hydrogen) atoms. The van der Waals surface area contributed by atoms with E-state index in [-0.39, 0.29) is 23.7 Å². The van der Waals surface area contributed by atoms with Crippen LogP contribution in [0.3, 0.4) is 0 Å². The first-order valence-corrected chi connectivity index (χ1v) is 5.61. The number of hydrogen-bond donors (Lipinski definition) is 3. The molecule has 2 aromatic carbocycles. The zero-order valence-electron chi connectivity index (χ0n) is 9.93. The van der Waals surface area contributed by atoms with Crippen molar-refractivity contribution in [3.63, 3.8) is 0 Å². The second kappa shape index (κ2) is 5.39. The summed E-state index contributed by atoms with van der Waals surface area (Å²) >= 11 is 0. The molecule has 3 N–H and O–H groups in total. The van der Waals surface area contributed by atoms with Crippen LogP contribution in [0.25, 0.3) is 0 Å². The summed E-state index contributed by atoms with van der Waals surface area (Å²) in [5.41, 5.74) is 0.574. The topological polar surface area (TPSA) is 69.6 Å². The second-order valence-corrected chi connectivity index (χ2v) is 3.99. The van der Waals surface area contributed by atoms with Gasteiger partial charge >= 0.3 is 0 Å². The molecule has 0 bridgehead atoms. The maximum atomic E-state index is 12.9. The Balaban J connectivity index is 2.08. The Hall–Kier alpha value is -2.56. The van der Waals surface area contributed by atoms with Crippen LogP contribution in [0.2, 0.25) is 0 Å². The number of halogens is 1. The van der Waals surface area contributed by atoms with Crippen molar-refractivity contribution in [3.8, 4) is 11.5 Å². The van der Waals surface area contributed by atoms with Crippen molar-refractivity contribution < 1.29 is 19.4 Å². The Morgan fingerprint density at radius 1 is 1.16 bits per heavy atom. The van der Waals surface area contributed by atoms with Gasteiger partial charge in [0.25, 0.3) is 5.91 Å². The number of rotatable bonds is 3. The van der Waals surface area contributed by atoms with Gasteiger partial charge in [-0.15, -0.1) is 0 Å². The maximum absolute atomic E-state index is 12.9. The number of carbonyl (C=O) groups is 1. The van der Waals surface area contributed by atoms with Gasteiger partial charge in [-0.05, 0) is 29.8 Å². The summed E-state index contributed by atoms with van der Waals surface area (Å²) in [5, 5.41) is 21.4. The van der Waals surface area contributed by atoms with Gasteiger partial charge in [0.05, 0.1) is 5.56 Å². The molecule has 0 fully saturated rings. The molecule has 0 radical (unpaired) electrons. The molecule has 0 unspecified atom stereocenters. The number of hydrogen-bond acceptors (Lipinski definition) is 3. The lowest BCUT2D eigenvalue weighted by Crippen LogP contribution is -2.22. The summed E-state index contributed by atoms with van der Waals surface area (Å²) in [7, 11) is 0. The van der Waals surface area contributed by atoms with Crippen molar-refractivity contribution in [2.24, 2.45) is 0 Å². The molecule has 2 aromatic rings. The monoisotopic (exact) mass is 261 g/mol. The second-order valence-electron chi connectivity index (χ2n) is 3.99. The fourth-order valence-corrected chi connectivity index (χ4v) is 1.64. The van der Waals surface area contributed by atoms with Gasteiger partial charge in [0, 0.05) is 6.54 Å². The molecule has 2 rings (SSSR count). The predicted octanol–water partition coefficient (Wildman–Crippen LogP) is 2.17. The summed E-state index contributed by atoms with van der Waals surface area (Å²) in [4.78, 5) is 11.8. The SMILES string of the molecule is O=C(NCc1cccc(F)c1)c1cccc(O)c1O. The van der Waals surface area contributed by atoms with Crippen molar-refractivity contribution >= 4 is 5.91 Å². The van der Waals surface area contributed by atoms with Crippen LogP contribution < -0.4 is 5.32 Å². The first-order valence-electron chi connectivity index (χ1n) is 5.61. The highest BCUT2D eigenvalue weighted by atomic mass is 19.1. The largest absolute Gasteiger partial charge is 0.504 e. The molecular formula is C14H12FNO3. The van der Waals surface area contributed by atoms with Crippen molar-refractivity contribution in [3.05, 3.63) is 59.4 Å². The Morgan fingerprint density at radius 3 is 2.63 bits per heavy atom. The normalized spacial score (nSPS) is 10.2. The Bertz CT molecular complexity index is 613. The minimum absolute atomic E-state index is 0.0311. The van der Waals surface area contributed by atoms with E-state index in [9.17, 15) is 19.4 Å². The molecule has 98 valence electrons. The lowest BCUT2D eigenvalue weighted by Gasteiger charge is -2.07. The molecule has 1 amide bonds. The van der Waals surface area contributed by atoms with E-state index in [1.807, 2.05) is 0 Å². The summed E-state index contributed by atoms with van der Waals surface area (Å²) in [6.45, 7) is 0.131. The molecule has 0 aliphatic heterocycles. The van der Waals surface area contributed by atoms with Crippen molar-refractivity contribution in [2.75, 3.05) is 0 Å². The number of benzene rings is 2. The summed E-state index contributed by atoms with van der Waals surface area (Å²) in [5.74, 6) is -1.76. The van der Waals surface area contributed by atoms with Gasteiger partial charge in [-0.25, -0.2) is 4.39 Å². The zero-order chi connectivity index (χ0) is 13.8. The lowest BCUT2D eigenvalue weighted by atomic mass is 10.1. The van der Waals surface area contributed by atoms with Crippen LogP contribution in [0, 0.1) is 5.82 Å². The van der Waals surface area contributed by atoms with Crippen LogP contribution in [-0.4, -0.2) is 16.1 Å². The molecule has 0 saturated carbocycles. The fourth-order valence-electron chi connectivity index (χ4n) is 1.64. The van der Waals surface area contributed by atoms with Crippen LogP contribution in [0.5, 0.6) is 11.5 Å². The minimum atomic E-state index is -0.544. The summed E-state index contributed by atoms with van der Waals surface area (Å²) in [6, 6.07) is 9.95. The van der Waals surface area contributed by atoms with Crippen molar-refractivity contribution in [1.82, 2.24) is 5.32 Å². The van der Waals surface area contributed by atoms with Gasteiger partial charge < -0.3 is 15.5 Å². The van der Waals surface area contributed by atoms with Gasteiger partial charge in [0.15, 0.2) is 11.5 Å². The number of carbonyl (C=O) groups excluding carboxylic acids is 1. The average molecular weight is 261 g/mol. The number of phenols is 2. The molecule has 4 nitrogen and oxygen atoms in total. The molecule has 0 heterocycles. The van der Waals surface area contributed by atoms with Crippen LogP contribution in [0.15, 0.2) is 42.5 Å². The van der Waals surface area contributed by atoms with Gasteiger partial charge in [0.1, 0.15) is 5.82 Å². The van der Waals surface area contributed by atoms with Crippen LogP contribution in [0.1, 0.15) is 15.9 Å². The summed E-state index contributed by atoms with van der Waals surface area (Å²) in [6.07, 6.45) is 0. The number of aromatic hydroxyl groups is 2. The highest BCUT2D eigenvalue weighted by Crippen LogP contribution is 2.27. The molecular weight excluding hydrogens is 249 g/mol. The van der Waals surface area contributed by atoms with Crippen molar-refractivity contribution in [1.29, 1.82) is 0 Å². The van der Waals surface area contributed by atoms with Crippen LogP contribution >= 0.6 is 0 Å². The quantitative estimate of drug-likeness (QED) is 0.741. The van der Waals surface area contributed by atoms with Crippen LogP contribution in [0.4, 0.5) is 4.39 Å². The number of para-hydroxylation sites is 1. The first-order chi connectivity index (χ1) is 9.08. The van der Waals surface area contributed by atoms with E-state index >= 15 is 0 Å². The van der Waals surface area contributed by atoms with Gasteiger partial charge in [-0.1, -0.05) is 18.2 Å². The van der Waals surface area contributed by atoms with Crippen LogP contribution in [-0.2, 0) is 6.54 Å². The Morgan fingerprint density at radius 2 is 1.89 bits per heavy atom. The van der Waals surface area contributed by atoms with Gasteiger partial charge in [0.2, 0.25) is 0 Å². The van der Waals surface area contributed by atoms with E-state index in [0.717, 1.165) is 0 Å². The Kier molecular flexibility index (Phi) is 3.66. The molecule has 0 aliphatic rings. The number of phenolic OH excluding ortho intramolecular Hbond substituents is 2. The fraction of sp³-hybridized carbons (Fsp3) is 0.0714. The zero-order valence-corrected chi connectivity index (χ0v) is 9.93. The third-order valence-electron chi connectivity index (χ3n) is 2.60. The molecule has 0 spiro atoms. The van der Waals surface area contributed by atoms with E-state index in [4.69, 9.17) is 0 Å². The molecule has 5 heteroatoms.